The third kappa shape index (κ3) is 3.99. The molecule has 0 fully saturated rings. The van der Waals surface area contributed by atoms with Crippen LogP contribution in [0.5, 0.6) is 0 Å². The first-order valence-corrected chi connectivity index (χ1v) is 9.51. The molecule has 2 heterocycles. The molecule has 1 aromatic heterocycles. The summed E-state index contributed by atoms with van der Waals surface area (Å²) in [5.74, 6) is 1.07. The quantitative estimate of drug-likeness (QED) is 0.710. The molecule has 6 nitrogen and oxygen atoms in total. The lowest BCUT2D eigenvalue weighted by Crippen LogP contribution is -2.43. The highest BCUT2D eigenvalue weighted by Gasteiger charge is 2.44. The number of nitrogens with two attached hydrogens (primary N) is 1. The molecule has 27 heavy (non-hydrogen) atoms. The van der Waals surface area contributed by atoms with Crippen molar-refractivity contribution in [3.05, 3.63) is 42.2 Å². The van der Waals surface area contributed by atoms with Crippen molar-refractivity contribution in [1.82, 2.24) is 15.4 Å². The number of nitrogen functional groups attached to an aromatic ring is 1. The van der Waals surface area contributed by atoms with E-state index in [0.717, 1.165) is 16.7 Å². The molecule has 0 spiro atoms. The van der Waals surface area contributed by atoms with Gasteiger partial charge in [0, 0.05) is 18.0 Å². The Bertz CT molecular complexity index is 834. The molecule has 3 rings (SSSR count). The van der Waals surface area contributed by atoms with E-state index >= 15 is 0 Å². The van der Waals surface area contributed by atoms with Gasteiger partial charge >= 0.3 is 0 Å². The van der Waals surface area contributed by atoms with Gasteiger partial charge in [0.25, 0.3) is 0 Å². The predicted molar refractivity (Wildman–Crippen MR) is 110 cm³/mol. The molecule has 0 aliphatic carbocycles. The summed E-state index contributed by atoms with van der Waals surface area (Å²) in [6, 6.07) is 8.10. The number of nitrogens with zero attached hydrogens (tertiary/aromatic N) is 3. The van der Waals surface area contributed by atoms with E-state index in [0.29, 0.717) is 5.84 Å². The van der Waals surface area contributed by atoms with E-state index in [1.54, 1.807) is 12.4 Å². The van der Waals surface area contributed by atoms with E-state index in [9.17, 15) is 0 Å². The van der Waals surface area contributed by atoms with Crippen molar-refractivity contribution in [2.24, 2.45) is 10.9 Å². The average Bonchev–Trinajstić information content (AvgIpc) is 3.13. The van der Waals surface area contributed by atoms with Crippen molar-refractivity contribution in [1.29, 1.82) is 0 Å². The molecular formula is C18H20Cl3N5O. The van der Waals surface area contributed by atoms with Crippen molar-refractivity contribution in [2.75, 3.05) is 5.73 Å². The fourth-order valence-corrected chi connectivity index (χ4v) is 3.18. The number of nitrogens with one attached hydrogen (secondary N) is 1. The van der Waals surface area contributed by atoms with Crippen molar-refractivity contribution >= 4 is 46.6 Å². The first-order valence-electron chi connectivity index (χ1n) is 8.37. The molecule has 1 aliphatic rings. The summed E-state index contributed by atoms with van der Waals surface area (Å²) in [5, 5.41) is 0. The Balaban J connectivity index is 1.95. The Kier molecular flexibility index (Phi) is 5.54. The summed E-state index contributed by atoms with van der Waals surface area (Å²) in [7, 11) is 0. The van der Waals surface area contributed by atoms with Crippen LogP contribution >= 0.6 is 34.8 Å². The topological polar surface area (TPSA) is 85.4 Å². The second-order valence-electron chi connectivity index (χ2n) is 6.86. The molecule has 2 aromatic rings. The molecule has 2 atom stereocenters. The molecule has 2 unspecified atom stereocenters. The maximum atomic E-state index is 5.92. The van der Waals surface area contributed by atoms with Crippen LogP contribution in [0.15, 0.2) is 41.7 Å². The second-order valence-corrected chi connectivity index (χ2v) is 9.22. The number of halogens is 3. The van der Waals surface area contributed by atoms with Crippen LogP contribution in [0.4, 0.5) is 5.95 Å². The first kappa shape index (κ1) is 20.1. The normalized spacial score (nSPS) is 19.5. The van der Waals surface area contributed by atoms with Crippen molar-refractivity contribution in [2.45, 2.75) is 36.2 Å². The molecule has 144 valence electrons. The zero-order valence-corrected chi connectivity index (χ0v) is 17.3. The molecule has 1 aromatic carbocycles. The number of amidine groups is 1. The first-order chi connectivity index (χ1) is 12.6. The van der Waals surface area contributed by atoms with Gasteiger partial charge in [0.05, 0.1) is 5.41 Å². The van der Waals surface area contributed by atoms with E-state index in [2.05, 4.69) is 41.2 Å². The van der Waals surface area contributed by atoms with E-state index in [-0.39, 0.29) is 11.9 Å². The van der Waals surface area contributed by atoms with Crippen molar-refractivity contribution in [3.63, 3.8) is 0 Å². The standard InChI is InChI=1S/C18H20Cl3N5O/c1-10(2)17(3,14-25-15(27-26-14)18(19,20)21)13-6-4-11(5-7-13)12-8-23-16(22)24-9-12/h4-10,15H,1-3H3,(H,25,26)(H2,22,23,24). The fourth-order valence-electron chi connectivity index (χ4n) is 2.90. The minimum absolute atomic E-state index is 0.201. The number of anilines is 1. The number of hydrogen-bond donors (Lipinski definition) is 2. The Labute approximate surface area is 173 Å². The third-order valence-electron chi connectivity index (χ3n) is 4.93. The van der Waals surface area contributed by atoms with Crippen LogP contribution in [0.2, 0.25) is 0 Å². The van der Waals surface area contributed by atoms with Crippen LogP contribution in [0.25, 0.3) is 11.1 Å². The Morgan fingerprint density at radius 3 is 2.15 bits per heavy atom. The van der Waals surface area contributed by atoms with Crippen molar-refractivity contribution < 1.29 is 4.84 Å². The van der Waals surface area contributed by atoms with Crippen LogP contribution < -0.4 is 11.2 Å². The number of aliphatic imine (C=N–C) groups is 1. The molecule has 9 heteroatoms. The molecule has 0 bridgehead atoms. The lowest BCUT2D eigenvalue weighted by atomic mass is 9.72. The van der Waals surface area contributed by atoms with E-state index < -0.39 is 15.4 Å². The largest absolute Gasteiger partial charge is 0.368 e. The van der Waals surface area contributed by atoms with Gasteiger partial charge in [-0.1, -0.05) is 72.9 Å². The maximum absolute atomic E-state index is 5.92. The summed E-state index contributed by atoms with van der Waals surface area (Å²) in [6.07, 6.45) is 2.49. The Morgan fingerprint density at radius 2 is 1.67 bits per heavy atom. The highest BCUT2D eigenvalue weighted by Crippen LogP contribution is 2.39. The monoisotopic (exact) mass is 427 g/mol. The lowest BCUT2D eigenvalue weighted by molar-refractivity contribution is 0.0388. The average molecular weight is 429 g/mol. The summed E-state index contributed by atoms with van der Waals surface area (Å²) in [6.45, 7) is 6.29. The van der Waals surface area contributed by atoms with Gasteiger partial charge in [0.1, 0.15) is 5.84 Å². The van der Waals surface area contributed by atoms with E-state index in [4.69, 9.17) is 45.4 Å². The summed E-state index contributed by atoms with van der Waals surface area (Å²) in [4.78, 5) is 17.9. The predicted octanol–water partition coefficient (Wildman–Crippen LogP) is 4.27. The molecule has 3 N–H and O–H groups in total. The maximum Gasteiger partial charge on any atom is 0.239 e. The molecule has 0 radical (unpaired) electrons. The number of alkyl halides is 3. The molecule has 1 aliphatic heterocycles. The van der Waals surface area contributed by atoms with Gasteiger partial charge in [0.2, 0.25) is 16.0 Å². The number of benzene rings is 1. The Morgan fingerprint density at radius 1 is 1.07 bits per heavy atom. The fraction of sp³-hybridized carbons (Fsp3) is 0.389. The van der Waals surface area contributed by atoms with Gasteiger partial charge in [-0.2, -0.15) is 0 Å². The highest BCUT2D eigenvalue weighted by atomic mass is 35.6. The zero-order chi connectivity index (χ0) is 19.8. The van der Waals surface area contributed by atoms with Crippen LogP contribution in [-0.4, -0.2) is 25.8 Å². The number of aromatic nitrogens is 2. The van der Waals surface area contributed by atoms with Crippen LogP contribution in [0.1, 0.15) is 26.3 Å². The van der Waals surface area contributed by atoms with Gasteiger partial charge in [-0.15, -0.1) is 0 Å². The molecule has 0 amide bonds. The summed E-state index contributed by atoms with van der Waals surface area (Å²) in [5.41, 5.74) is 10.9. The van der Waals surface area contributed by atoms with E-state index in [1.165, 1.54) is 0 Å². The van der Waals surface area contributed by atoms with Crippen molar-refractivity contribution in [3.8, 4) is 11.1 Å². The molecule has 0 saturated heterocycles. The summed E-state index contributed by atoms with van der Waals surface area (Å²) >= 11 is 17.8. The molecular weight excluding hydrogens is 409 g/mol. The van der Waals surface area contributed by atoms with Gasteiger partial charge in [0.15, 0.2) is 0 Å². The van der Waals surface area contributed by atoms with Gasteiger partial charge in [-0.25, -0.2) is 25.3 Å². The van der Waals surface area contributed by atoms with Gasteiger partial charge in [-0.05, 0) is 24.0 Å². The smallest absolute Gasteiger partial charge is 0.239 e. The number of hydrogen-bond acceptors (Lipinski definition) is 6. The summed E-state index contributed by atoms with van der Waals surface area (Å²) < 4.78 is -1.65. The second kappa shape index (κ2) is 7.43. The van der Waals surface area contributed by atoms with Gasteiger partial charge < -0.3 is 5.73 Å². The lowest BCUT2D eigenvalue weighted by Gasteiger charge is -2.34. The van der Waals surface area contributed by atoms with Gasteiger partial charge in [-0.3, -0.25) is 0 Å². The SMILES string of the molecule is CC(C)C(C)(C1=NC(C(Cl)(Cl)Cl)ON1)c1ccc(-c2cnc(N)nc2)cc1. The number of rotatable bonds is 4. The van der Waals surface area contributed by atoms with Crippen LogP contribution in [-0.2, 0) is 10.3 Å². The van der Waals surface area contributed by atoms with Crippen LogP contribution in [0, 0.1) is 5.92 Å². The van der Waals surface area contributed by atoms with E-state index in [1.807, 2.05) is 24.3 Å². The third-order valence-corrected chi connectivity index (χ3v) is 5.49. The zero-order valence-electron chi connectivity index (χ0n) is 15.1. The number of hydroxylamine groups is 1. The highest BCUT2D eigenvalue weighted by molar-refractivity contribution is 6.68. The van der Waals surface area contributed by atoms with Crippen LogP contribution in [0.3, 0.4) is 0 Å². The minimum atomic E-state index is -1.65. The minimum Gasteiger partial charge on any atom is -0.368 e. The molecule has 0 saturated carbocycles. The Hall–Kier alpha value is -1.60.